The van der Waals surface area contributed by atoms with Crippen molar-refractivity contribution < 1.29 is 23.7 Å². The molecular weight excluding hydrogens is 502 g/mol. The summed E-state index contributed by atoms with van der Waals surface area (Å²) in [5.74, 6) is 2.52. The number of hydrogen-bond donors (Lipinski definition) is 0. The molecule has 2 aliphatic rings. The topological polar surface area (TPSA) is 82.5 Å². The quantitative estimate of drug-likeness (QED) is 0.375. The van der Waals surface area contributed by atoms with Gasteiger partial charge in [0.25, 0.3) is 5.91 Å². The van der Waals surface area contributed by atoms with Gasteiger partial charge in [0.2, 0.25) is 0 Å². The number of thiazole rings is 1. The van der Waals surface area contributed by atoms with Crippen LogP contribution in [0.25, 0.3) is 6.08 Å². The standard InChI is InChI=1S/C29H31N3O5S/c1-17-28(38-16-30-17)29(33)32-27(20-10-12-23(35-3)25(15-20)37-5)21-8-6-7-19(26(21)31-32)13-18-9-11-22(34-2)24(14-18)36-4/h9-16,21,27H,6-8H2,1-5H3/b19-13+/t21-,27+/m0/s1. The van der Waals surface area contributed by atoms with E-state index in [4.69, 9.17) is 24.0 Å². The molecule has 5 rings (SSSR count). The number of methoxy groups -OCH3 is 4. The van der Waals surface area contributed by atoms with E-state index >= 15 is 0 Å². The third-order valence-corrected chi connectivity index (χ3v) is 8.06. The Kier molecular flexibility index (Phi) is 7.37. The zero-order valence-corrected chi connectivity index (χ0v) is 23.0. The van der Waals surface area contributed by atoms with Crippen LogP contribution in [0.5, 0.6) is 23.0 Å². The largest absolute Gasteiger partial charge is 0.493 e. The van der Waals surface area contributed by atoms with Crippen molar-refractivity contribution in [2.45, 2.75) is 32.2 Å². The van der Waals surface area contributed by atoms with E-state index in [2.05, 4.69) is 11.1 Å². The van der Waals surface area contributed by atoms with E-state index in [0.717, 1.165) is 41.7 Å². The number of hydrazone groups is 1. The number of amides is 1. The highest BCUT2D eigenvalue weighted by molar-refractivity contribution is 7.11. The minimum absolute atomic E-state index is 0.0467. The van der Waals surface area contributed by atoms with Crippen molar-refractivity contribution in [3.63, 3.8) is 0 Å². The molecule has 38 heavy (non-hydrogen) atoms. The van der Waals surface area contributed by atoms with Crippen LogP contribution in [0.4, 0.5) is 0 Å². The number of aryl methyl sites for hydroxylation is 1. The van der Waals surface area contributed by atoms with Gasteiger partial charge < -0.3 is 18.9 Å². The molecule has 1 saturated carbocycles. The van der Waals surface area contributed by atoms with Crippen molar-refractivity contribution in [3.05, 3.63) is 69.2 Å². The summed E-state index contributed by atoms with van der Waals surface area (Å²) in [6.07, 6.45) is 4.94. The van der Waals surface area contributed by atoms with Crippen molar-refractivity contribution in [2.24, 2.45) is 11.0 Å². The maximum Gasteiger partial charge on any atom is 0.286 e. The second kappa shape index (κ2) is 10.9. The Bertz CT molecular complexity index is 1410. The van der Waals surface area contributed by atoms with Crippen molar-refractivity contribution in [1.29, 1.82) is 0 Å². The molecule has 2 heterocycles. The molecule has 1 fully saturated rings. The van der Waals surface area contributed by atoms with Gasteiger partial charge in [0.05, 0.1) is 51.4 Å². The first kappa shape index (κ1) is 25.8. The predicted molar refractivity (Wildman–Crippen MR) is 148 cm³/mol. The van der Waals surface area contributed by atoms with E-state index in [1.165, 1.54) is 11.3 Å². The molecule has 1 aliphatic carbocycles. The zero-order chi connectivity index (χ0) is 26.8. The van der Waals surface area contributed by atoms with E-state index in [0.29, 0.717) is 33.6 Å². The van der Waals surface area contributed by atoms with Crippen molar-refractivity contribution in [1.82, 2.24) is 9.99 Å². The summed E-state index contributed by atoms with van der Waals surface area (Å²) < 4.78 is 22.0. The average molecular weight is 534 g/mol. The fraction of sp³-hybridized carbons (Fsp3) is 0.345. The summed E-state index contributed by atoms with van der Waals surface area (Å²) in [5.41, 5.74) is 6.42. The minimum atomic E-state index is -0.270. The Balaban J connectivity index is 1.59. The molecule has 0 spiro atoms. The van der Waals surface area contributed by atoms with Crippen LogP contribution in [0.15, 0.2) is 52.6 Å². The van der Waals surface area contributed by atoms with E-state index in [-0.39, 0.29) is 17.9 Å². The number of nitrogens with zero attached hydrogens (tertiary/aromatic N) is 3. The first-order valence-electron chi connectivity index (χ1n) is 12.5. The average Bonchev–Trinajstić information content (AvgIpc) is 3.56. The molecule has 0 unspecified atom stereocenters. The van der Waals surface area contributed by atoms with Crippen LogP contribution in [0.1, 0.15) is 51.8 Å². The van der Waals surface area contributed by atoms with Crippen LogP contribution < -0.4 is 18.9 Å². The number of carbonyl (C=O) groups is 1. The van der Waals surface area contributed by atoms with Gasteiger partial charge in [-0.1, -0.05) is 12.1 Å². The van der Waals surface area contributed by atoms with Crippen LogP contribution in [-0.4, -0.2) is 50.1 Å². The van der Waals surface area contributed by atoms with E-state index < -0.39 is 0 Å². The van der Waals surface area contributed by atoms with Crippen LogP contribution in [0, 0.1) is 12.8 Å². The lowest BCUT2D eigenvalue weighted by atomic mass is 9.77. The molecular formula is C29H31N3O5S. The van der Waals surface area contributed by atoms with Crippen LogP contribution in [0.3, 0.4) is 0 Å². The molecule has 198 valence electrons. The monoisotopic (exact) mass is 533 g/mol. The van der Waals surface area contributed by atoms with Gasteiger partial charge in [-0.25, -0.2) is 9.99 Å². The van der Waals surface area contributed by atoms with Gasteiger partial charge in [0, 0.05) is 5.92 Å². The van der Waals surface area contributed by atoms with Crippen LogP contribution >= 0.6 is 11.3 Å². The number of hydrogen-bond acceptors (Lipinski definition) is 8. The molecule has 1 aromatic heterocycles. The second-order valence-corrected chi connectivity index (χ2v) is 10.1. The number of fused-ring (bicyclic) bond motifs is 1. The normalized spacial score (nSPS) is 19.7. The lowest BCUT2D eigenvalue weighted by Crippen LogP contribution is -2.31. The highest BCUT2D eigenvalue weighted by Gasteiger charge is 2.44. The number of aromatic nitrogens is 1. The minimum Gasteiger partial charge on any atom is -0.493 e. The molecule has 9 heteroatoms. The number of carbonyl (C=O) groups excluding carboxylic acids is 1. The highest BCUT2D eigenvalue weighted by Crippen LogP contribution is 2.46. The Morgan fingerprint density at radius 3 is 2.32 bits per heavy atom. The molecule has 0 radical (unpaired) electrons. The van der Waals surface area contributed by atoms with Gasteiger partial charge in [0.1, 0.15) is 4.88 Å². The zero-order valence-electron chi connectivity index (χ0n) is 22.2. The molecule has 0 saturated heterocycles. The van der Waals surface area contributed by atoms with Crippen molar-refractivity contribution in [2.75, 3.05) is 28.4 Å². The highest BCUT2D eigenvalue weighted by atomic mass is 32.1. The first-order chi connectivity index (χ1) is 18.5. The molecule has 2 aromatic carbocycles. The van der Waals surface area contributed by atoms with Crippen LogP contribution in [0.2, 0.25) is 0 Å². The van der Waals surface area contributed by atoms with Gasteiger partial charge in [-0.05, 0) is 73.2 Å². The SMILES string of the molecule is COc1ccc(/C=C2\CCC[C@H]3C2=NN(C(=O)c2scnc2C)[C@@H]3c2ccc(OC)c(OC)c2)cc1OC. The van der Waals surface area contributed by atoms with Gasteiger partial charge >= 0.3 is 0 Å². The Hall–Kier alpha value is -3.85. The maximum atomic E-state index is 13.8. The molecule has 3 aromatic rings. The molecule has 8 nitrogen and oxygen atoms in total. The van der Waals surface area contributed by atoms with Crippen molar-refractivity contribution >= 4 is 29.0 Å². The number of benzene rings is 2. The van der Waals surface area contributed by atoms with E-state index in [9.17, 15) is 4.79 Å². The summed E-state index contributed by atoms with van der Waals surface area (Å²) in [5, 5.41) is 6.65. The second-order valence-electron chi connectivity index (χ2n) is 9.24. The molecule has 1 aliphatic heterocycles. The summed E-state index contributed by atoms with van der Waals surface area (Å²) in [7, 11) is 6.49. The first-order valence-corrected chi connectivity index (χ1v) is 13.3. The number of allylic oxidation sites excluding steroid dienone is 1. The third kappa shape index (κ3) is 4.62. The van der Waals surface area contributed by atoms with E-state index in [1.54, 1.807) is 39.0 Å². The number of ether oxygens (including phenoxy) is 4. The fourth-order valence-electron chi connectivity index (χ4n) is 5.29. The smallest absolute Gasteiger partial charge is 0.286 e. The predicted octanol–water partition coefficient (Wildman–Crippen LogP) is 5.92. The van der Waals surface area contributed by atoms with Crippen molar-refractivity contribution in [3.8, 4) is 23.0 Å². The fourth-order valence-corrected chi connectivity index (χ4v) is 6.03. The summed E-state index contributed by atoms with van der Waals surface area (Å²) >= 11 is 1.34. The molecule has 0 N–H and O–H groups in total. The van der Waals surface area contributed by atoms with Gasteiger partial charge in [0.15, 0.2) is 23.0 Å². The maximum absolute atomic E-state index is 13.8. The lowest BCUT2D eigenvalue weighted by Gasteiger charge is -2.30. The lowest BCUT2D eigenvalue weighted by molar-refractivity contribution is 0.0684. The number of rotatable bonds is 7. The molecule has 0 bridgehead atoms. The van der Waals surface area contributed by atoms with Gasteiger partial charge in [-0.2, -0.15) is 5.10 Å². The Morgan fingerprint density at radius 1 is 0.974 bits per heavy atom. The van der Waals surface area contributed by atoms with Gasteiger partial charge in [-0.3, -0.25) is 4.79 Å². The molecule has 1 amide bonds. The third-order valence-electron chi connectivity index (χ3n) is 7.15. The van der Waals surface area contributed by atoms with Gasteiger partial charge in [-0.15, -0.1) is 11.3 Å². The van der Waals surface area contributed by atoms with E-state index in [1.807, 2.05) is 43.3 Å². The Labute approximate surface area is 226 Å². The Morgan fingerprint density at radius 2 is 1.66 bits per heavy atom. The molecule has 2 atom stereocenters. The summed E-state index contributed by atoms with van der Waals surface area (Å²) in [6, 6.07) is 11.4. The summed E-state index contributed by atoms with van der Waals surface area (Å²) in [4.78, 5) is 18.7. The summed E-state index contributed by atoms with van der Waals surface area (Å²) in [6.45, 7) is 1.85. The van der Waals surface area contributed by atoms with Crippen LogP contribution in [-0.2, 0) is 0 Å².